The number of carbonyl (C=O) groups excluding carboxylic acids is 1. The third-order valence-corrected chi connectivity index (χ3v) is 4.48. The van der Waals surface area contributed by atoms with Crippen molar-refractivity contribution in [2.45, 2.75) is 12.6 Å². The van der Waals surface area contributed by atoms with Gasteiger partial charge in [0.25, 0.3) is 0 Å². The summed E-state index contributed by atoms with van der Waals surface area (Å²) in [6.07, 6.45) is 0. The molecule has 0 saturated carbocycles. The fourth-order valence-corrected chi connectivity index (χ4v) is 3.04. The molecule has 1 N–H and O–H groups in total. The summed E-state index contributed by atoms with van der Waals surface area (Å²) in [7, 11) is 1.65. The number of ether oxygens (including phenoxy) is 1. The van der Waals surface area contributed by atoms with Crippen molar-refractivity contribution >= 4 is 5.91 Å². The Kier molecular flexibility index (Phi) is 6.26. The third-order valence-electron chi connectivity index (χ3n) is 4.48. The van der Waals surface area contributed by atoms with E-state index in [4.69, 9.17) is 9.84 Å². The molecule has 2 heterocycles. The molecule has 0 radical (unpaired) electrons. The van der Waals surface area contributed by atoms with E-state index >= 15 is 0 Å². The molecule has 0 spiro atoms. The van der Waals surface area contributed by atoms with Gasteiger partial charge < -0.3 is 14.7 Å². The van der Waals surface area contributed by atoms with Gasteiger partial charge in [0.15, 0.2) is 5.82 Å². The normalized spacial score (nSPS) is 16.4. The SMILES string of the molecule is CN(CCO)C(=O)Cn1nnnc1[C@H](c1ccccc1)N1CCOCC1. The van der Waals surface area contributed by atoms with Crippen molar-refractivity contribution in [2.24, 2.45) is 0 Å². The summed E-state index contributed by atoms with van der Waals surface area (Å²) in [4.78, 5) is 16.1. The summed E-state index contributed by atoms with van der Waals surface area (Å²) in [6, 6.07) is 9.87. The number of likely N-dealkylation sites (N-methyl/N-ethyl adjacent to an activating group) is 1. The van der Waals surface area contributed by atoms with Gasteiger partial charge in [-0.15, -0.1) is 5.10 Å². The van der Waals surface area contributed by atoms with Gasteiger partial charge in [0.1, 0.15) is 6.54 Å². The molecule has 1 fully saturated rings. The minimum atomic E-state index is -0.151. The number of benzene rings is 1. The maximum Gasteiger partial charge on any atom is 0.244 e. The molecule has 1 aromatic carbocycles. The summed E-state index contributed by atoms with van der Waals surface area (Å²) >= 11 is 0. The highest BCUT2D eigenvalue weighted by Gasteiger charge is 2.29. The molecule has 1 amide bonds. The van der Waals surface area contributed by atoms with Gasteiger partial charge in [-0.25, -0.2) is 4.68 Å². The first kappa shape index (κ1) is 18.4. The lowest BCUT2D eigenvalue weighted by atomic mass is 10.0. The maximum absolute atomic E-state index is 12.4. The minimum Gasteiger partial charge on any atom is -0.395 e. The van der Waals surface area contributed by atoms with Crippen LogP contribution in [0.5, 0.6) is 0 Å². The molecule has 1 saturated heterocycles. The Morgan fingerprint density at radius 3 is 2.73 bits per heavy atom. The van der Waals surface area contributed by atoms with Gasteiger partial charge in [0, 0.05) is 26.7 Å². The number of morpholine rings is 1. The van der Waals surface area contributed by atoms with Crippen molar-refractivity contribution in [2.75, 3.05) is 46.5 Å². The predicted molar refractivity (Wildman–Crippen MR) is 93.2 cm³/mol. The van der Waals surface area contributed by atoms with Crippen LogP contribution in [0.25, 0.3) is 0 Å². The van der Waals surface area contributed by atoms with E-state index in [1.807, 2.05) is 30.3 Å². The molecule has 1 aliphatic heterocycles. The number of aliphatic hydroxyl groups is 1. The number of rotatable bonds is 7. The quantitative estimate of drug-likeness (QED) is 0.714. The number of hydrogen-bond donors (Lipinski definition) is 1. The second kappa shape index (κ2) is 8.84. The van der Waals surface area contributed by atoms with Gasteiger partial charge in [-0.2, -0.15) is 0 Å². The Balaban J connectivity index is 1.88. The molecule has 1 aliphatic rings. The van der Waals surface area contributed by atoms with Crippen LogP contribution in [0.2, 0.25) is 0 Å². The second-order valence-electron chi connectivity index (χ2n) is 6.20. The molecule has 0 bridgehead atoms. The summed E-state index contributed by atoms with van der Waals surface area (Å²) in [5.74, 6) is 0.477. The number of hydrogen-bond acceptors (Lipinski definition) is 7. The van der Waals surface area contributed by atoms with E-state index in [1.54, 1.807) is 11.7 Å². The van der Waals surface area contributed by atoms with Crippen LogP contribution < -0.4 is 0 Å². The van der Waals surface area contributed by atoms with E-state index in [2.05, 4.69) is 20.4 Å². The Morgan fingerprint density at radius 2 is 2.04 bits per heavy atom. The summed E-state index contributed by atoms with van der Waals surface area (Å²) in [5, 5.41) is 21.1. The monoisotopic (exact) mass is 360 g/mol. The van der Waals surface area contributed by atoms with Crippen molar-refractivity contribution in [1.82, 2.24) is 30.0 Å². The van der Waals surface area contributed by atoms with Gasteiger partial charge in [0.05, 0.1) is 25.9 Å². The van der Waals surface area contributed by atoms with Crippen LogP contribution in [0.15, 0.2) is 30.3 Å². The fraction of sp³-hybridized carbons (Fsp3) is 0.529. The number of tetrazole rings is 1. The Labute approximate surface area is 152 Å². The molecular formula is C17H24N6O3. The molecule has 1 atom stereocenters. The molecule has 3 rings (SSSR count). The molecule has 0 aliphatic carbocycles. The molecule has 9 heteroatoms. The smallest absolute Gasteiger partial charge is 0.244 e. The topological polar surface area (TPSA) is 96.6 Å². The van der Waals surface area contributed by atoms with Crippen molar-refractivity contribution in [3.63, 3.8) is 0 Å². The van der Waals surface area contributed by atoms with Crippen molar-refractivity contribution in [3.8, 4) is 0 Å². The first-order valence-corrected chi connectivity index (χ1v) is 8.68. The van der Waals surface area contributed by atoms with E-state index in [-0.39, 0.29) is 31.6 Å². The van der Waals surface area contributed by atoms with Crippen LogP contribution in [0.4, 0.5) is 0 Å². The molecule has 9 nitrogen and oxygen atoms in total. The molecule has 2 aromatic rings. The lowest BCUT2D eigenvalue weighted by Crippen LogP contribution is -2.41. The zero-order valence-electron chi connectivity index (χ0n) is 14.9. The second-order valence-corrected chi connectivity index (χ2v) is 6.20. The van der Waals surface area contributed by atoms with Gasteiger partial charge >= 0.3 is 0 Å². The largest absolute Gasteiger partial charge is 0.395 e. The van der Waals surface area contributed by atoms with Gasteiger partial charge in [-0.1, -0.05) is 30.3 Å². The van der Waals surface area contributed by atoms with E-state index < -0.39 is 0 Å². The fourth-order valence-electron chi connectivity index (χ4n) is 3.04. The highest BCUT2D eigenvalue weighted by molar-refractivity contribution is 5.75. The molecule has 26 heavy (non-hydrogen) atoms. The van der Waals surface area contributed by atoms with Crippen LogP contribution in [0.1, 0.15) is 17.4 Å². The molecule has 140 valence electrons. The zero-order valence-corrected chi connectivity index (χ0v) is 14.9. The van der Waals surface area contributed by atoms with Crippen LogP contribution >= 0.6 is 0 Å². The average molecular weight is 360 g/mol. The van der Waals surface area contributed by atoms with Crippen molar-refractivity contribution in [1.29, 1.82) is 0 Å². The maximum atomic E-state index is 12.4. The predicted octanol–water partition coefficient (Wildman–Crippen LogP) is -0.455. The number of aliphatic hydroxyl groups excluding tert-OH is 1. The summed E-state index contributed by atoms with van der Waals surface area (Å²) in [5.41, 5.74) is 1.07. The van der Waals surface area contributed by atoms with E-state index in [9.17, 15) is 4.79 Å². The lowest BCUT2D eigenvalue weighted by molar-refractivity contribution is -0.131. The van der Waals surface area contributed by atoms with Gasteiger partial charge in [-0.3, -0.25) is 9.69 Å². The van der Waals surface area contributed by atoms with Crippen LogP contribution in [-0.4, -0.2) is 87.5 Å². The number of carbonyl (C=O) groups is 1. The highest BCUT2D eigenvalue weighted by atomic mass is 16.5. The Hall–Kier alpha value is -2.36. The number of amides is 1. The molecule has 0 unspecified atom stereocenters. The van der Waals surface area contributed by atoms with Gasteiger partial charge in [-0.05, 0) is 16.0 Å². The standard InChI is InChI=1S/C17H24N6O3/c1-21(7-10-24)15(25)13-23-17(18-19-20-23)16(14-5-3-2-4-6-14)22-8-11-26-12-9-22/h2-6,16,24H,7-13H2,1H3/t16-/m0/s1. The average Bonchev–Trinajstić information content (AvgIpc) is 3.11. The van der Waals surface area contributed by atoms with Gasteiger partial charge in [0.2, 0.25) is 5.91 Å². The summed E-state index contributed by atoms with van der Waals surface area (Å²) in [6.45, 7) is 3.08. The van der Waals surface area contributed by atoms with E-state index in [0.29, 0.717) is 19.0 Å². The summed E-state index contributed by atoms with van der Waals surface area (Å²) < 4.78 is 7.02. The van der Waals surface area contributed by atoms with E-state index in [1.165, 1.54) is 4.90 Å². The zero-order chi connectivity index (χ0) is 18.4. The number of aromatic nitrogens is 4. The molecule has 1 aromatic heterocycles. The first-order valence-electron chi connectivity index (χ1n) is 8.68. The van der Waals surface area contributed by atoms with Crippen molar-refractivity contribution in [3.05, 3.63) is 41.7 Å². The van der Waals surface area contributed by atoms with Crippen LogP contribution in [0, 0.1) is 0 Å². The highest BCUT2D eigenvalue weighted by Crippen LogP contribution is 2.27. The lowest BCUT2D eigenvalue weighted by Gasteiger charge is -2.34. The van der Waals surface area contributed by atoms with Crippen LogP contribution in [-0.2, 0) is 16.1 Å². The minimum absolute atomic E-state index is 0.0342. The Morgan fingerprint density at radius 1 is 1.31 bits per heavy atom. The number of nitrogens with zero attached hydrogens (tertiary/aromatic N) is 6. The van der Waals surface area contributed by atoms with Crippen LogP contribution in [0.3, 0.4) is 0 Å². The van der Waals surface area contributed by atoms with Crippen molar-refractivity contribution < 1.29 is 14.6 Å². The third kappa shape index (κ3) is 4.24. The Bertz CT molecular complexity index is 702. The first-order chi connectivity index (χ1) is 12.7. The van der Waals surface area contributed by atoms with E-state index in [0.717, 1.165) is 18.7 Å². The molecular weight excluding hydrogens is 336 g/mol.